The highest BCUT2D eigenvalue weighted by Gasteiger charge is 1.91. The van der Waals surface area contributed by atoms with Crippen LogP contribution in [-0.4, -0.2) is 24.0 Å². The molecule has 0 saturated heterocycles. The van der Waals surface area contributed by atoms with Crippen molar-refractivity contribution in [1.82, 2.24) is 0 Å². The van der Waals surface area contributed by atoms with E-state index in [9.17, 15) is 4.79 Å². The highest BCUT2D eigenvalue weighted by atomic mass is 32.2. The number of carbonyl (C=O) groups excluding carboxylic acids is 1. The van der Waals surface area contributed by atoms with Crippen molar-refractivity contribution in [2.75, 3.05) is 18.3 Å². The molecular formula is C5H12OS. The first-order valence-corrected chi connectivity index (χ1v) is 4.69. The molecule has 0 rings (SSSR count). The van der Waals surface area contributed by atoms with Crippen LogP contribution >= 0.6 is 10.9 Å². The van der Waals surface area contributed by atoms with E-state index in [1.54, 1.807) is 6.92 Å². The Morgan fingerprint density at radius 2 is 2.00 bits per heavy atom. The molecule has 0 atom stereocenters. The number of hydrogen-bond donors (Lipinski definition) is 1. The number of thiol groups is 1. The molecule has 0 aromatic heterocycles. The summed E-state index contributed by atoms with van der Waals surface area (Å²) < 4.78 is 0. The molecule has 0 N–H and O–H groups in total. The number of rotatable bonds is 2. The summed E-state index contributed by atoms with van der Waals surface area (Å²) in [4.78, 5) is 10.3. The summed E-state index contributed by atoms with van der Waals surface area (Å²) in [5.41, 5.74) is 0. The Hall–Kier alpha value is 0.0200. The molecule has 1 nitrogen and oxygen atoms in total. The second-order valence-corrected chi connectivity index (χ2v) is 4.42. The van der Waals surface area contributed by atoms with Crippen LogP contribution in [0.1, 0.15) is 6.92 Å². The van der Waals surface area contributed by atoms with Gasteiger partial charge in [-0.25, -0.2) is 0 Å². The summed E-state index contributed by atoms with van der Waals surface area (Å²) in [5.74, 6) is 1.10. The van der Waals surface area contributed by atoms with Crippen LogP contribution in [0.2, 0.25) is 0 Å². The van der Waals surface area contributed by atoms with E-state index < -0.39 is 0 Å². The van der Waals surface area contributed by atoms with Crippen LogP contribution in [0, 0.1) is 0 Å². The van der Waals surface area contributed by atoms with Gasteiger partial charge in [0.2, 0.25) is 0 Å². The first-order valence-electron chi connectivity index (χ1n) is 2.27. The number of carbonyl (C=O) groups is 1. The lowest BCUT2D eigenvalue weighted by Gasteiger charge is -2.02. The van der Waals surface area contributed by atoms with Crippen molar-refractivity contribution in [3.8, 4) is 0 Å². The fourth-order valence-corrected chi connectivity index (χ4v) is 1.34. The van der Waals surface area contributed by atoms with Gasteiger partial charge >= 0.3 is 0 Å². The lowest BCUT2D eigenvalue weighted by Crippen LogP contribution is -1.96. The van der Waals surface area contributed by atoms with Crippen LogP contribution < -0.4 is 0 Å². The van der Waals surface area contributed by atoms with Crippen LogP contribution in [0.4, 0.5) is 0 Å². The predicted molar refractivity (Wildman–Crippen MR) is 36.4 cm³/mol. The van der Waals surface area contributed by atoms with Crippen LogP contribution in [0.3, 0.4) is 0 Å². The average molecular weight is 120 g/mol. The zero-order valence-electron chi connectivity index (χ0n) is 5.06. The average Bonchev–Trinajstić information content (AvgIpc) is 1.27. The van der Waals surface area contributed by atoms with Gasteiger partial charge < -0.3 is 0 Å². The van der Waals surface area contributed by atoms with E-state index in [0.717, 1.165) is 5.75 Å². The molecule has 0 saturated carbocycles. The molecule has 0 aromatic carbocycles. The van der Waals surface area contributed by atoms with Crippen LogP contribution in [-0.2, 0) is 4.79 Å². The maximum atomic E-state index is 10.3. The van der Waals surface area contributed by atoms with Gasteiger partial charge in [0.15, 0.2) is 0 Å². The van der Waals surface area contributed by atoms with Crippen molar-refractivity contribution >= 4 is 16.7 Å². The minimum atomic E-state index is 0.0105. The van der Waals surface area contributed by atoms with E-state index in [4.69, 9.17) is 0 Å². The number of Topliss-reactive ketones (excluding diaryl/α,β-unsaturated/α-hetero) is 1. The van der Waals surface area contributed by atoms with Crippen molar-refractivity contribution in [3.63, 3.8) is 0 Å². The fourth-order valence-electron chi connectivity index (χ4n) is 0.445. The Balaban J connectivity index is 3.13. The highest BCUT2D eigenvalue weighted by molar-refractivity contribution is 8.16. The third-order valence-electron chi connectivity index (χ3n) is 0.539. The topological polar surface area (TPSA) is 17.1 Å². The Morgan fingerprint density at radius 1 is 1.57 bits per heavy atom. The van der Waals surface area contributed by atoms with Gasteiger partial charge in [0, 0.05) is 5.75 Å². The molecule has 0 fully saturated rings. The Morgan fingerprint density at radius 3 is 2.00 bits per heavy atom. The third-order valence-corrected chi connectivity index (χ3v) is 1.62. The summed E-state index contributed by atoms with van der Waals surface area (Å²) in [7, 11) is 0.0105. The van der Waals surface area contributed by atoms with Crippen LogP contribution in [0.5, 0.6) is 0 Å². The van der Waals surface area contributed by atoms with Gasteiger partial charge in [0.05, 0.1) is 0 Å². The lowest BCUT2D eigenvalue weighted by atomic mass is 10.5. The number of hydrogen-bond acceptors (Lipinski definition) is 1. The predicted octanol–water partition coefficient (Wildman–Crippen LogP) is 0.836. The molecule has 0 heterocycles. The van der Waals surface area contributed by atoms with Crippen molar-refractivity contribution < 1.29 is 4.79 Å². The van der Waals surface area contributed by atoms with Crippen molar-refractivity contribution in [1.29, 1.82) is 0 Å². The molecular weight excluding hydrogens is 108 g/mol. The van der Waals surface area contributed by atoms with Crippen LogP contribution in [0.15, 0.2) is 0 Å². The summed E-state index contributed by atoms with van der Waals surface area (Å²) in [5, 5.41) is 0. The monoisotopic (exact) mass is 120 g/mol. The maximum absolute atomic E-state index is 10.3. The van der Waals surface area contributed by atoms with Gasteiger partial charge in [-0.2, -0.15) is 0 Å². The van der Waals surface area contributed by atoms with Gasteiger partial charge in [-0.05, 0) is 19.4 Å². The normalized spacial score (nSPS) is 11.0. The van der Waals surface area contributed by atoms with E-state index in [0.29, 0.717) is 5.78 Å². The van der Waals surface area contributed by atoms with Crippen molar-refractivity contribution in [2.24, 2.45) is 0 Å². The highest BCUT2D eigenvalue weighted by Crippen LogP contribution is 2.11. The standard InChI is InChI=1S/C5H12OS/c1-5(6)4-7(2)3/h7H,4H2,1-3H3. The number of ketones is 1. The molecule has 0 aliphatic heterocycles. The molecule has 0 aromatic rings. The lowest BCUT2D eigenvalue weighted by molar-refractivity contribution is -0.114. The summed E-state index contributed by atoms with van der Waals surface area (Å²) in [6, 6.07) is 0. The van der Waals surface area contributed by atoms with E-state index in [-0.39, 0.29) is 10.9 Å². The molecule has 0 bridgehead atoms. The van der Waals surface area contributed by atoms with Gasteiger partial charge in [0.25, 0.3) is 0 Å². The van der Waals surface area contributed by atoms with Gasteiger partial charge in [-0.15, -0.1) is 0 Å². The first kappa shape index (κ1) is 7.02. The molecule has 0 unspecified atom stereocenters. The molecule has 0 aliphatic rings. The maximum Gasteiger partial charge on any atom is 0.137 e. The minimum absolute atomic E-state index is 0.0105. The Bertz CT molecular complexity index is 68.5. The van der Waals surface area contributed by atoms with E-state index in [1.807, 2.05) is 0 Å². The second-order valence-electron chi connectivity index (χ2n) is 1.94. The summed E-state index contributed by atoms with van der Waals surface area (Å²) in [6.07, 6.45) is 4.22. The van der Waals surface area contributed by atoms with Gasteiger partial charge in [-0.3, -0.25) is 15.7 Å². The zero-order chi connectivity index (χ0) is 5.86. The zero-order valence-corrected chi connectivity index (χ0v) is 5.96. The molecule has 0 aliphatic carbocycles. The molecule has 0 amide bonds. The van der Waals surface area contributed by atoms with E-state index in [2.05, 4.69) is 12.5 Å². The van der Waals surface area contributed by atoms with Crippen molar-refractivity contribution in [2.45, 2.75) is 6.92 Å². The Labute approximate surface area is 47.5 Å². The fraction of sp³-hybridized carbons (Fsp3) is 0.800. The summed E-state index contributed by atoms with van der Waals surface area (Å²) in [6.45, 7) is 1.64. The SMILES string of the molecule is CC(=O)C[SH](C)C. The smallest absolute Gasteiger partial charge is 0.137 e. The minimum Gasteiger partial charge on any atom is -0.299 e. The molecule has 7 heavy (non-hydrogen) atoms. The summed E-state index contributed by atoms with van der Waals surface area (Å²) >= 11 is 0. The van der Waals surface area contributed by atoms with Gasteiger partial charge in [-0.1, -0.05) is 0 Å². The first-order chi connectivity index (χ1) is 3.13. The third kappa shape index (κ3) is 6.02. The molecule has 0 spiro atoms. The quantitative estimate of drug-likeness (QED) is 0.534. The van der Waals surface area contributed by atoms with Crippen LogP contribution in [0.25, 0.3) is 0 Å². The van der Waals surface area contributed by atoms with Crippen molar-refractivity contribution in [3.05, 3.63) is 0 Å². The largest absolute Gasteiger partial charge is 0.299 e. The van der Waals surface area contributed by atoms with E-state index >= 15 is 0 Å². The molecule has 44 valence electrons. The Kier molecular flexibility index (Phi) is 3.09. The van der Waals surface area contributed by atoms with E-state index in [1.165, 1.54) is 0 Å². The molecule has 2 heteroatoms. The molecule has 0 radical (unpaired) electrons. The second kappa shape index (κ2) is 3.08. The van der Waals surface area contributed by atoms with Gasteiger partial charge in [0.1, 0.15) is 5.78 Å².